The summed E-state index contributed by atoms with van der Waals surface area (Å²) < 4.78 is 0. The Kier molecular flexibility index (Phi) is 6.26. The van der Waals surface area contributed by atoms with Crippen molar-refractivity contribution in [2.24, 2.45) is 5.92 Å². The van der Waals surface area contributed by atoms with Gasteiger partial charge < -0.3 is 0 Å². The zero-order valence-corrected chi connectivity index (χ0v) is 21.0. The molecule has 6 rings (SSSR count). The predicted octanol–water partition coefficient (Wildman–Crippen LogP) is 9.87. The molecule has 0 saturated carbocycles. The fourth-order valence-electron chi connectivity index (χ4n) is 6.08. The quantitative estimate of drug-likeness (QED) is 0.243. The highest BCUT2D eigenvalue weighted by molar-refractivity contribution is 6.04. The fraction of sp³-hybridized carbons (Fsp3) is 0.167. The summed E-state index contributed by atoms with van der Waals surface area (Å²) in [6, 6.07) is 44.3. The molecule has 1 aliphatic rings. The van der Waals surface area contributed by atoms with E-state index in [-0.39, 0.29) is 0 Å². The van der Waals surface area contributed by atoms with Crippen LogP contribution in [0.3, 0.4) is 0 Å². The van der Waals surface area contributed by atoms with E-state index in [4.69, 9.17) is 0 Å². The standard InChI is InChI=1S/C36H32/c1-2-26-23-24-31-32(25-26)34(28-17-9-4-10-18-28)36(30-21-13-6-14-22-30)35(29-19-11-5-12-20-29)33(31)27-15-7-3-8-16-27/h3-22,26H,2,23-25H2,1H3. The number of hydrogen-bond donors (Lipinski definition) is 0. The molecule has 0 bridgehead atoms. The molecule has 36 heavy (non-hydrogen) atoms. The molecule has 0 aliphatic heterocycles. The Morgan fingerprint density at radius 2 is 0.833 bits per heavy atom. The molecule has 0 radical (unpaired) electrons. The van der Waals surface area contributed by atoms with Crippen LogP contribution >= 0.6 is 0 Å². The molecule has 5 aromatic rings. The maximum atomic E-state index is 2.35. The average molecular weight is 465 g/mol. The molecular formula is C36H32. The van der Waals surface area contributed by atoms with Gasteiger partial charge in [-0.05, 0) is 80.8 Å². The second kappa shape index (κ2) is 9.99. The molecule has 1 atom stereocenters. The van der Waals surface area contributed by atoms with Crippen LogP contribution < -0.4 is 0 Å². The first kappa shape index (κ1) is 22.6. The van der Waals surface area contributed by atoms with Crippen molar-refractivity contribution in [1.82, 2.24) is 0 Å². The topological polar surface area (TPSA) is 0 Å². The maximum absolute atomic E-state index is 2.35. The molecule has 0 aromatic heterocycles. The Bertz CT molecular complexity index is 1450. The lowest BCUT2D eigenvalue weighted by molar-refractivity contribution is 0.446. The lowest BCUT2D eigenvalue weighted by atomic mass is 9.71. The Labute approximate surface area is 215 Å². The Balaban J connectivity index is 1.83. The average Bonchev–Trinajstić information content (AvgIpc) is 2.97. The van der Waals surface area contributed by atoms with E-state index < -0.39 is 0 Å². The van der Waals surface area contributed by atoms with Gasteiger partial charge in [0, 0.05) is 0 Å². The summed E-state index contributed by atoms with van der Waals surface area (Å²) in [4.78, 5) is 0. The molecule has 176 valence electrons. The Hall–Kier alpha value is -3.90. The maximum Gasteiger partial charge on any atom is -0.00176 e. The van der Waals surface area contributed by atoms with Gasteiger partial charge in [0.2, 0.25) is 0 Å². The molecule has 0 spiro atoms. The first-order valence-corrected chi connectivity index (χ1v) is 13.3. The van der Waals surface area contributed by atoms with Crippen LogP contribution in [0.25, 0.3) is 44.5 Å². The third-order valence-corrected chi connectivity index (χ3v) is 7.84. The molecule has 0 heteroatoms. The number of fused-ring (bicyclic) bond motifs is 1. The van der Waals surface area contributed by atoms with Crippen molar-refractivity contribution in [3.63, 3.8) is 0 Å². The van der Waals surface area contributed by atoms with Gasteiger partial charge in [0.25, 0.3) is 0 Å². The second-order valence-corrected chi connectivity index (χ2v) is 9.94. The van der Waals surface area contributed by atoms with Crippen LogP contribution in [0.4, 0.5) is 0 Å². The van der Waals surface area contributed by atoms with Gasteiger partial charge in [-0.15, -0.1) is 0 Å². The van der Waals surface area contributed by atoms with E-state index in [0.29, 0.717) is 0 Å². The Morgan fingerprint density at radius 1 is 0.472 bits per heavy atom. The van der Waals surface area contributed by atoms with Gasteiger partial charge in [-0.1, -0.05) is 135 Å². The molecule has 0 heterocycles. The monoisotopic (exact) mass is 464 g/mol. The third-order valence-electron chi connectivity index (χ3n) is 7.84. The van der Waals surface area contributed by atoms with Gasteiger partial charge in [0.1, 0.15) is 0 Å². The fourth-order valence-corrected chi connectivity index (χ4v) is 6.08. The highest BCUT2D eigenvalue weighted by atomic mass is 14.3. The third kappa shape index (κ3) is 4.07. The molecule has 1 aliphatic carbocycles. The van der Waals surface area contributed by atoms with E-state index in [1.165, 1.54) is 57.3 Å². The predicted molar refractivity (Wildman–Crippen MR) is 154 cm³/mol. The van der Waals surface area contributed by atoms with Crippen LogP contribution in [0.2, 0.25) is 0 Å². The normalized spacial score (nSPS) is 14.9. The zero-order chi connectivity index (χ0) is 24.3. The van der Waals surface area contributed by atoms with Gasteiger partial charge in [-0.25, -0.2) is 0 Å². The van der Waals surface area contributed by atoms with Crippen LogP contribution in [0.15, 0.2) is 121 Å². The van der Waals surface area contributed by atoms with Gasteiger partial charge >= 0.3 is 0 Å². The lowest BCUT2D eigenvalue weighted by Gasteiger charge is -2.33. The van der Waals surface area contributed by atoms with E-state index in [1.807, 2.05) is 0 Å². The summed E-state index contributed by atoms with van der Waals surface area (Å²) in [5.41, 5.74) is 13.9. The van der Waals surface area contributed by atoms with Crippen LogP contribution in [0, 0.1) is 5.92 Å². The van der Waals surface area contributed by atoms with Crippen LogP contribution in [0.1, 0.15) is 30.9 Å². The van der Waals surface area contributed by atoms with E-state index in [2.05, 4.69) is 128 Å². The van der Waals surface area contributed by atoms with Crippen LogP contribution in [-0.4, -0.2) is 0 Å². The molecule has 0 amide bonds. The first-order valence-electron chi connectivity index (χ1n) is 13.3. The van der Waals surface area contributed by atoms with Crippen LogP contribution in [0.5, 0.6) is 0 Å². The van der Waals surface area contributed by atoms with Crippen molar-refractivity contribution in [3.05, 3.63) is 132 Å². The van der Waals surface area contributed by atoms with Gasteiger partial charge in [0.05, 0.1) is 0 Å². The van der Waals surface area contributed by atoms with Crippen molar-refractivity contribution in [2.45, 2.75) is 32.6 Å². The van der Waals surface area contributed by atoms with Gasteiger partial charge in [-0.3, -0.25) is 0 Å². The zero-order valence-electron chi connectivity index (χ0n) is 21.0. The van der Waals surface area contributed by atoms with E-state index in [1.54, 1.807) is 11.1 Å². The number of hydrogen-bond acceptors (Lipinski definition) is 0. The minimum absolute atomic E-state index is 0.731. The largest absolute Gasteiger partial charge is 0.0651 e. The van der Waals surface area contributed by atoms with Crippen molar-refractivity contribution in [1.29, 1.82) is 0 Å². The summed E-state index contributed by atoms with van der Waals surface area (Å²) in [5.74, 6) is 0.731. The molecular weight excluding hydrogens is 432 g/mol. The summed E-state index contributed by atoms with van der Waals surface area (Å²) in [7, 11) is 0. The summed E-state index contributed by atoms with van der Waals surface area (Å²) >= 11 is 0. The van der Waals surface area contributed by atoms with E-state index >= 15 is 0 Å². The molecule has 1 unspecified atom stereocenters. The van der Waals surface area contributed by atoms with Crippen molar-refractivity contribution in [2.75, 3.05) is 0 Å². The highest BCUT2D eigenvalue weighted by Crippen LogP contribution is 2.52. The molecule has 0 nitrogen and oxygen atoms in total. The number of rotatable bonds is 5. The summed E-state index contributed by atoms with van der Waals surface area (Å²) in [6.45, 7) is 2.35. The summed E-state index contributed by atoms with van der Waals surface area (Å²) in [5, 5.41) is 0. The van der Waals surface area contributed by atoms with E-state index in [0.717, 1.165) is 18.8 Å². The minimum atomic E-state index is 0.731. The van der Waals surface area contributed by atoms with Crippen LogP contribution in [-0.2, 0) is 12.8 Å². The minimum Gasteiger partial charge on any atom is -0.0651 e. The molecule has 5 aromatic carbocycles. The highest BCUT2D eigenvalue weighted by Gasteiger charge is 2.30. The molecule has 0 saturated heterocycles. The smallest absolute Gasteiger partial charge is 0.00176 e. The SMILES string of the molecule is CCC1CCc2c(c(-c3ccccc3)c(-c3ccccc3)c(-c3ccccc3)c2-c2ccccc2)C1. The van der Waals surface area contributed by atoms with Crippen molar-refractivity contribution < 1.29 is 0 Å². The van der Waals surface area contributed by atoms with E-state index in [9.17, 15) is 0 Å². The summed E-state index contributed by atoms with van der Waals surface area (Å²) in [6.07, 6.45) is 4.77. The molecule has 0 fully saturated rings. The Morgan fingerprint density at radius 3 is 1.22 bits per heavy atom. The van der Waals surface area contributed by atoms with Gasteiger partial charge in [0.15, 0.2) is 0 Å². The van der Waals surface area contributed by atoms with Gasteiger partial charge in [-0.2, -0.15) is 0 Å². The molecule has 0 N–H and O–H groups in total. The second-order valence-electron chi connectivity index (χ2n) is 9.94. The first-order chi connectivity index (χ1) is 17.8. The van der Waals surface area contributed by atoms with Crippen molar-refractivity contribution >= 4 is 0 Å². The van der Waals surface area contributed by atoms with Crippen molar-refractivity contribution in [3.8, 4) is 44.5 Å². The number of benzene rings is 5. The lowest BCUT2D eigenvalue weighted by Crippen LogP contribution is -2.17.